The van der Waals surface area contributed by atoms with E-state index in [0.29, 0.717) is 17.4 Å². The lowest BCUT2D eigenvalue weighted by Gasteiger charge is -2.25. The summed E-state index contributed by atoms with van der Waals surface area (Å²) < 4.78 is 13.3. The molecule has 3 heterocycles. The molecule has 1 aliphatic carbocycles. The van der Waals surface area contributed by atoms with Gasteiger partial charge >= 0.3 is 5.63 Å². The Morgan fingerprint density at radius 2 is 2.00 bits per heavy atom. The monoisotopic (exact) mass is 435 g/mol. The van der Waals surface area contributed by atoms with E-state index < -0.39 is 0 Å². The summed E-state index contributed by atoms with van der Waals surface area (Å²) in [5.41, 5.74) is 2.44. The molecule has 0 bridgehead atoms. The van der Waals surface area contributed by atoms with Crippen LogP contribution in [-0.2, 0) is 12.2 Å². The fraction of sp³-hybridized carbons (Fsp3) is 0.375. The van der Waals surface area contributed by atoms with Crippen molar-refractivity contribution in [1.29, 1.82) is 0 Å². The lowest BCUT2D eigenvalue weighted by atomic mass is 9.95. The molecule has 1 aromatic carbocycles. The van der Waals surface area contributed by atoms with Crippen LogP contribution in [0, 0.1) is 0 Å². The zero-order valence-electron chi connectivity index (χ0n) is 17.5. The van der Waals surface area contributed by atoms with Crippen LogP contribution in [0.15, 0.2) is 61.4 Å². The van der Waals surface area contributed by atoms with Gasteiger partial charge in [-0.15, -0.1) is 10.2 Å². The van der Waals surface area contributed by atoms with Crippen molar-refractivity contribution in [1.82, 2.24) is 14.8 Å². The first-order chi connectivity index (χ1) is 15.2. The van der Waals surface area contributed by atoms with Crippen LogP contribution in [0.25, 0.3) is 22.6 Å². The first-order valence-electron chi connectivity index (χ1n) is 10.9. The first kappa shape index (κ1) is 20.1. The average molecular weight is 436 g/mol. The summed E-state index contributed by atoms with van der Waals surface area (Å²) in [4.78, 5) is 12.2. The Morgan fingerprint density at radius 1 is 1.13 bits per heavy atom. The first-order valence-corrected chi connectivity index (χ1v) is 11.9. The Bertz CT molecular complexity index is 1240. The molecule has 0 radical (unpaired) electrons. The van der Waals surface area contributed by atoms with E-state index in [9.17, 15) is 4.79 Å². The van der Waals surface area contributed by atoms with E-state index in [1.54, 1.807) is 24.1 Å². The quantitative estimate of drug-likeness (QED) is 0.273. The van der Waals surface area contributed by atoms with Crippen LogP contribution in [0.4, 0.5) is 0 Å². The van der Waals surface area contributed by atoms with Crippen LogP contribution in [0.2, 0.25) is 0 Å². The molecule has 31 heavy (non-hydrogen) atoms. The topological polar surface area (TPSA) is 74.1 Å². The number of hydrogen-bond acceptors (Lipinski definition) is 6. The van der Waals surface area contributed by atoms with Crippen molar-refractivity contribution in [2.75, 3.05) is 0 Å². The fourth-order valence-electron chi connectivity index (χ4n) is 4.37. The minimum atomic E-state index is -0.318. The summed E-state index contributed by atoms with van der Waals surface area (Å²) in [7, 11) is 0. The van der Waals surface area contributed by atoms with Crippen LogP contribution in [0.3, 0.4) is 0 Å². The fourth-order valence-corrected chi connectivity index (χ4v) is 5.37. The average Bonchev–Trinajstić information content (AvgIpc) is 3.47. The second-order valence-corrected chi connectivity index (χ2v) is 8.95. The highest BCUT2D eigenvalue weighted by Crippen LogP contribution is 2.37. The zero-order chi connectivity index (χ0) is 21.2. The molecule has 0 aliphatic heterocycles. The second kappa shape index (κ2) is 8.75. The van der Waals surface area contributed by atoms with Gasteiger partial charge in [0.1, 0.15) is 5.58 Å². The molecule has 7 heteroatoms. The summed E-state index contributed by atoms with van der Waals surface area (Å²) in [5, 5.41) is 10.8. The van der Waals surface area contributed by atoms with Gasteiger partial charge in [-0.05, 0) is 48.6 Å². The number of benzene rings is 1. The summed E-state index contributed by atoms with van der Waals surface area (Å²) >= 11 is 1.61. The molecule has 1 aliphatic rings. The van der Waals surface area contributed by atoms with Crippen molar-refractivity contribution in [3.8, 4) is 11.6 Å². The SMILES string of the molecule is CCc1ccc2c(CSc3nnc(-c4ccco4)n3C3CCCCC3)cc(=O)oc2c1. The molecule has 0 atom stereocenters. The minimum Gasteiger partial charge on any atom is -0.461 e. The predicted molar refractivity (Wildman–Crippen MR) is 121 cm³/mol. The van der Waals surface area contributed by atoms with E-state index in [2.05, 4.69) is 27.8 Å². The molecule has 0 unspecified atom stereocenters. The molecule has 0 saturated heterocycles. The molecule has 1 fully saturated rings. The second-order valence-electron chi connectivity index (χ2n) is 8.01. The summed E-state index contributed by atoms with van der Waals surface area (Å²) in [6.45, 7) is 2.09. The molecule has 6 nitrogen and oxygen atoms in total. The maximum Gasteiger partial charge on any atom is 0.336 e. The normalized spacial score (nSPS) is 15.0. The van der Waals surface area contributed by atoms with E-state index in [4.69, 9.17) is 8.83 Å². The number of aryl methyl sites for hydroxylation is 1. The van der Waals surface area contributed by atoms with Crippen molar-refractivity contribution in [3.05, 3.63) is 64.2 Å². The Labute approximate surface area is 184 Å². The zero-order valence-corrected chi connectivity index (χ0v) is 18.4. The molecular formula is C24H25N3O3S. The van der Waals surface area contributed by atoms with E-state index in [1.165, 1.54) is 19.3 Å². The highest BCUT2D eigenvalue weighted by molar-refractivity contribution is 7.98. The van der Waals surface area contributed by atoms with Crippen molar-refractivity contribution in [2.45, 2.75) is 62.4 Å². The van der Waals surface area contributed by atoms with Crippen molar-refractivity contribution in [2.24, 2.45) is 0 Å². The van der Waals surface area contributed by atoms with Crippen LogP contribution in [0.1, 0.15) is 56.2 Å². The molecule has 0 N–H and O–H groups in total. The highest BCUT2D eigenvalue weighted by atomic mass is 32.2. The van der Waals surface area contributed by atoms with Gasteiger partial charge in [0.25, 0.3) is 0 Å². The van der Waals surface area contributed by atoms with Gasteiger partial charge in [0.2, 0.25) is 5.82 Å². The van der Waals surface area contributed by atoms with E-state index in [-0.39, 0.29) is 5.63 Å². The van der Waals surface area contributed by atoms with Crippen LogP contribution in [-0.4, -0.2) is 14.8 Å². The Hall–Kier alpha value is -2.80. The molecule has 1 saturated carbocycles. The Balaban J connectivity index is 1.49. The number of thioether (sulfide) groups is 1. The summed E-state index contributed by atoms with van der Waals surface area (Å²) in [6.07, 6.45) is 8.53. The standard InChI is InChI=1S/C24H25N3O3S/c1-2-16-10-11-19-17(14-22(28)30-21(19)13-16)15-31-24-26-25-23(20-9-6-12-29-20)27(24)18-7-4-3-5-8-18/h6,9-14,18H,2-5,7-8,15H2,1H3. The summed E-state index contributed by atoms with van der Waals surface area (Å²) in [6, 6.07) is 11.9. The molecule has 3 aromatic heterocycles. The maximum atomic E-state index is 12.2. The molecule has 5 rings (SSSR count). The van der Waals surface area contributed by atoms with E-state index >= 15 is 0 Å². The number of aromatic nitrogens is 3. The molecule has 0 spiro atoms. The van der Waals surface area contributed by atoms with Gasteiger partial charge in [0.15, 0.2) is 10.9 Å². The Kier molecular flexibility index (Phi) is 5.68. The predicted octanol–water partition coefficient (Wildman–Crippen LogP) is 6.00. The number of nitrogens with zero attached hydrogens (tertiary/aromatic N) is 3. The maximum absolute atomic E-state index is 12.2. The third-order valence-corrected chi connectivity index (χ3v) is 7.00. The van der Waals surface area contributed by atoms with Gasteiger partial charge < -0.3 is 8.83 Å². The molecule has 4 aromatic rings. The number of hydrogen-bond donors (Lipinski definition) is 0. The lowest BCUT2D eigenvalue weighted by molar-refractivity contribution is 0.337. The smallest absolute Gasteiger partial charge is 0.336 e. The largest absolute Gasteiger partial charge is 0.461 e. The number of fused-ring (bicyclic) bond motifs is 1. The molecule has 160 valence electrons. The van der Waals surface area contributed by atoms with E-state index in [0.717, 1.165) is 52.5 Å². The van der Waals surface area contributed by atoms with Crippen molar-refractivity contribution >= 4 is 22.7 Å². The Morgan fingerprint density at radius 3 is 2.77 bits per heavy atom. The number of rotatable bonds is 6. The van der Waals surface area contributed by atoms with Crippen molar-refractivity contribution in [3.63, 3.8) is 0 Å². The summed E-state index contributed by atoms with van der Waals surface area (Å²) in [5.74, 6) is 2.14. The highest BCUT2D eigenvalue weighted by Gasteiger charge is 2.25. The molecular weight excluding hydrogens is 410 g/mol. The minimum absolute atomic E-state index is 0.318. The van der Waals surface area contributed by atoms with Gasteiger partial charge in [-0.3, -0.25) is 4.57 Å². The third-order valence-electron chi connectivity index (χ3n) is 6.01. The van der Waals surface area contributed by atoms with Gasteiger partial charge in [-0.25, -0.2) is 4.79 Å². The molecule has 0 amide bonds. The van der Waals surface area contributed by atoms with Crippen LogP contribution < -0.4 is 5.63 Å². The van der Waals surface area contributed by atoms with Crippen LogP contribution in [0.5, 0.6) is 0 Å². The van der Waals surface area contributed by atoms with Crippen molar-refractivity contribution < 1.29 is 8.83 Å². The van der Waals surface area contributed by atoms with Gasteiger partial charge in [-0.2, -0.15) is 0 Å². The number of furan rings is 1. The van der Waals surface area contributed by atoms with Gasteiger partial charge in [0, 0.05) is 23.2 Å². The lowest BCUT2D eigenvalue weighted by Crippen LogP contribution is -2.15. The van der Waals surface area contributed by atoms with E-state index in [1.807, 2.05) is 24.3 Å². The third kappa shape index (κ3) is 4.06. The van der Waals surface area contributed by atoms with Gasteiger partial charge in [-0.1, -0.05) is 50.1 Å². The van der Waals surface area contributed by atoms with Crippen LogP contribution >= 0.6 is 11.8 Å². The van der Waals surface area contributed by atoms with Gasteiger partial charge in [0.05, 0.1) is 6.26 Å².